The molecule has 0 aliphatic heterocycles. The lowest BCUT2D eigenvalue weighted by Gasteiger charge is -2.09. The van der Waals surface area contributed by atoms with Crippen molar-refractivity contribution in [1.82, 2.24) is 10.6 Å². The fraction of sp³-hybridized carbons (Fsp3) is 0.385. The zero-order chi connectivity index (χ0) is 15.0. The van der Waals surface area contributed by atoms with Crippen molar-refractivity contribution < 1.29 is 14.3 Å². The summed E-state index contributed by atoms with van der Waals surface area (Å²) in [6.07, 6.45) is 0.660. The Hall–Kier alpha value is -1.46. The third-order valence-corrected chi connectivity index (χ3v) is 2.83. The monoisotopic (exact) mass is 318 g/mol. The molecule has 0 atom stereocenters. The number of hydrogen-bond donors (Lipinski definition) is 2. The Morgan fingerprint density at radius 2 is 1.90 bits per heavy atom. The number of carbonyl (C=O) groups excluding carboxylic acids is 2. The van der Waals surface area contributed by atoms with Crippen LogP contribution in [0.15, 0.2) is 18.2 Å². The zero-order valence-electron chi connectivity index (χ0n) is 11.0. The lowest BCUT2D eigenvalue weighted by Crippen LogP contribution is -2.32. The van der Waals surface area contributed by atoms with Crippen LogP contribution >= 0.6 is 23.2 Å². The highest BCUT2D eigenvalue weighted by Crippen LogP contribution is 2.27. The minimum atomic E-state index is -0.251. The maximum absolute atomic E-state index is 11.5. The summed E-state index contributed by atoms with van der Waals surface area (Å²) in [4.78, 5) is 22.1. The molecule has 110 valence electrons. The standard InChI is InChI=1S/C13H16Cl2N2O3/c1-9(18)16-5-2-6-17-13(19)8-20-12-4-3-10(14)7-11(12)15/h3-4,7H,2,5-6,8H2,1H3,(H,16,18)(H,17,19). The van der Waals surface area contributed by atoms with Crippen molar-refractivity contribution in [2.45, 2.75) is 13.3 Å². The van der Waals surface area contributed by atoms with Crippen LogP contribution in [0.1, 0.15) is 13.3 Å². The van der Waals surface area contributed by atoms with Crippen molar-refractivity contribution >= 4 is 35.0 Å². The van der Waals surface area contributed by atoms with E-state index in [-0.39, 0.29) is 18.4 Å². The van der Waals surface area contributed by atoms with Gasteiger partial charge in [-0.25, -0.2) is 0 Å². The predicted octanol–water partition coefficient (Wildman–Crippen LogP) is 2.01. The van der Waals surface area contributed by atoms with E-state index in [0.717, 1.165) is 0 Å². The first-order chi connectivity index (χ1) is 9.49. The van der Waals surface area contributed by atoms with Crippen LogP contribution in [0, 0.1) is 0 Å². The predicted molar refractivity (Wildman–Crippen MR) is 78.3 cm³/mol. The van der Waals surface area contributed by atoms with Gasteiger partial charge < -0.3 is 15.4 Å². The van der Waals surface area contributed by atoms with Crippen molar-refractivity contribution in [2.24, 2.45) is 0 Å². The van der Waals surface area contributed by atoms with E-state index in [1.54, 1.807) is 18.2 Å². The van der Waals surface area contributed by atoms with Crippen LogP contribution in [0.2, 0.25) is 10.0 Å². The van der Waals surface area contributed by atoms with Crippen LogP contribution in [-0.2, 0) is 9.59 Å². The molecule has 1 aromatic carbocycles. The summed E-state index contributed by atoms with van der Waals surface area (Å²) in [5.74, 6) is 0.0698. The van der Waals surface area contributed by atoms with E-state index >= 15 is 0 Å². The van der Waals surface area contributed by atoms with Crippen molar-refractivity contribution in [3.63, 3.8) is 0 Å². The van der Waals surface area contributed by atoms with Crippen molar-refractivity contribution in [2.75, 3.05) is 19.7 Å². The summed E-state index contributed by atoms with van der Waals surface area (Å²) >= 11 is 11.7. The molecule has 0 saturated carbocycles. The third kappa shape index (κ3) is 6.63. The van der Waals surface area contributed by atoms with Gasteiger partial charge in [-0.1, -0.05) is 23.2 Å². The highest BCUT2D eigenvalue weighted by atomic mass is 35.5. The molecule has 5 nitrogen and oxygen atoms in total. The Bertz CT molecular complexity index is 481. The quantitative estimate of drug-likeness (QED) is 0.756. The SMILES string of the molecule is CC(=O)NCCCNC(=O)COc1ccc(Cl)cc1Cl. The number of ether oxygens (including phenoxy) is 1. The minimum Gasteiger partial charge on any atom is -0.482 e. The van der Waals surface area contributed by atoms with Gasteiger partial charge in [-0.15, -0.1) is 0 Å². The molecule has 0 aromatic heterocycles. The second kappa shape index (κ2) is 8.66. The first-order valence-corrected chi connectivity index (χ1v) is 6.83. The molecule has 0 saturated heterocycles. The van der Waals surface area contributed by atoms with Gasteiger partial charge in [-0.05, 0) is 24.6 Å². The van der Waals surface area contributed by atoms with Gasteiger partial charge in [-0.2, -0.15) is 0 Å². The summed E-state index contributed by atoms with van der Waals surface area (Å²) < 4.78 is 5.28. The topological polar surface area (TPSA) is 67.4 Å². The summed E-state index contributed by atoms with van der Waals surface area (Å²) in [6.45, 7) is 2.32. The average molecular weight is 319 g/mol. The number of carbonyl (C=O) groups is 2. The number of hydrogen-bond acceptors (Lipinski definition) is 3. The van der Waals surface area contributed by atoms with E-state index in [2.05, 4.69) is 10.6 Å². The fourth-order valence-electron chi connectivity index (χ4n) is 1.37. The Morgan fingerprint density at radius 1 is 1.20 bits per heavy atom. The first-order valence-electron chi connectivity index (χ1n) is 6.08. The van der Waals surface area contributed by atoms with Crippen LogP contribution in [0.5, 0.6) is 5.75 Å². The van der Waals surface area contributed by atoms with Crippen LogP contribution < -0.4 is 15.4 Å². The maximum atomic E-state index is 11.5. The van der Waals surface area contributed by atoms with Crippen molar-refractivity contribution in [3.05, 3.63) is 28.2 Å². The van der Waals surface area contributed by atoms with Gasteiger partial charge in [0.05, 0.1) is 5.02 Å². The van der Waals surface area contributed by atoms with E-state index in [9.17, 15) is 9.59 Å². The molecule has 1 aromatic rings. The van der Waals surface area contributed by atoms with E-state index in [1.165, 1.54) is 6.92 Å². The average Bonchev–Trinajstić information content (AvgIpc) is 2.37. The normalized spacial score (nSPS) is 9.95. The molecule has 2 amide bonds. The summed E-state index contributed by atoms with van der Waals surface area (Å²) in [5.41, 5.74) is 0. The summed E-state index contributed by atoms with van der Waals surface area (Å²) in [5, 5.41) is 6.17. The number of benzene rings is 1. The maximum Gasteiger partial charge on any atom is 0.257 e. The molecule has 1 rings (SSSR count). The molecular formula is C13H16Cl2N2O3. The van der Waals surface area contributed by atoms with Crippen LogP contribution in [0.4, 0.5) is 0 Å². The van der Waals surface area contributed by atoms with Gasteiger partial charge >= 0.3 is 0 Å². The lowest BCUT2D eigenvalue weighted by molar-refractivity contribution is -0.123. The lowest BCUT2D eigenvalue weighted by atomic mass is 10.3. The Morgan fingerprint density at radius 3 is 2.55 bits per heavy atom. The second-order valence-electron chi connectivity index (χ2n) is 4.05. The van der Waals surface area contributed by atoms with Crippen molar-refractivity contribution in [1.29, 1.82) is 0 Å². The molecule has 0 heterocycles. The van der Waals surface area contributed by atoms with Crippen LogP contribution in [0.3, 0.4) is 0 Å². The Labute approximate surface area is 127 Å². The van der Waals surface area contributed by atoms with Crippen LogP contribution in [-0.4, -0.2) is 31.5 Å². The van der Waals surface area contributed by atoms with Gasteiger partial charge in [-0.3, -0.25) is 9.59 Å². The summed E-state index contributed by atoms with van der Waals surface area (Å²) in [6, 6.07) is 4.78. The summed E-state index contributed by atoms with van der Waals surface area (Å²) in [7, 11) is 0. The van der Waals surface area contributed by atoms with Gasteiger partial charge in [0.25, 0.3) is 5.91 Å². The second-order valence-corrected chi connectivity index (χ2v) is 4.89. The molecule has 20 heavy (non-hydrogen) atoms. The van der Waals surface area contributed by atoms with E-state index in [1.807, 2.05) is 0 Å². The molecule has 0 bridgehead atoms. The van der Waals surface area contributed by atoms with Crippen molar-refractivity contribution in [3.8, 4) is 5.75 Å². The minimum absolute atomic E-state index is 0.0861. The van der Waals surface area contributed by atoms with E-state index in [0.29, 0.717) is 35.3 Å². The van der Waals surface area contributed by atoms with Gasteiger partial charge in [0.1, 0.15) is 5.75 Å². The fourth-order valence-corrected chi connectivity index (χ4v) is 1.83. The molecule has 0 radical (unpaired) electrons. The first kappa shape index (κ1) is 16.6. The Balaban J connectivity index is 2.21. The highest BCUT2D eigenvalue weighted by molar-refractivity contribution is 6.35. The number of nitrogens with one attached hydrogen (secondary N) is 2. The molecule has 0 aliphatic carbocycles. The molecule has 7 heteroatoms. The molecule has 0 spiro atoms. The Kier molecular flexibility index (Phi) is 7.18. The van der Waals surface area contributed by atoms with Gasteiger partial charge in [0.2, 0.25) is 5.91 Å². The number of rotatable bonds is 7. The molecular weight excluding hydrogens is 303 g/mol. The van der Waals surface area contributed by atoms with Gasteiger partial charge in [0, 0.05) is 25.0 Å². The van der Waals surface area contributed by atoms with Crippen LogP contribution in [0.25, 0.3) is 0 Å². The molecule has 0 aliphatic rings. The highest BCUT2D eigenvalue weighted by Gasteiger charge is 2.06. The number of amides is 2. The smallest absolute Gasteiger partial charge is 0.257 e. The third-order valence-electron chi connectivity index (χ3n) is 2.30. The van der Waals surface area contributed by atoms with E-state index in [4.69, 9.17) is 27.9 Å². The number of halogens is 2. The molecule has 2 N–H and O–H groups in total. The largest absolute Gasteiger partial charge is 0.482 e. The van der Waals surface area contributed by atoms with Gasteiger partial charge in [0.15, 0.2) is 6.61 Å². The molecule has 0 unspecified atom stereocenters. The van der Waals surface area contributed by atoms with E-state index < -0.39 is 0 Å². The molecule has 0 fully saturated rings. The zero-order valence-corrected chi connectivity index (χ0v) is 12.6.